The number of aliphatic hydroxyl groups excluding tert-OH is 1. The zero-order valence-electron chi connectivity index (χ0n) is 17.8. The first-order chi connectivity index (χ1) is 16.4. The van der Waals surface area contributed by atoms with Crippen molar-refractivity contribution in [2.24, 2.45) is 0 Å². The zero-order valence-corrected chi connectivity index (χ0v) is 17.8. The summed E-state index contributed by atoms with van der Waals surface area (Å²) in [5.74, 6) is -0.424. The normalized spacial score (nSPS) is 12.1. The van der Waals surface area contributed by atoms with E-state index in [1.807, 2.05) is 0 Å². The average Bonchev–Trinajstić information content (AvgIpc) is 3.30. The lowest BCUT2D eigenvalue weighted by Crippen LogP contribution is -2.24. The van der Waals surface area contributed by atoms with E-state index in [9.17, 15) is 24.0 Å². The van der Waals surface area contributed by atoms with Crippen molar-refractivity contribution in [3.05, 3.63) is 112 Å². The van der Waals surface area contributed by atoms with Crippen LogP contribution >= 0.6 is 0 Å². The number of aromatic nitrogens is 3. The molecule has 4 aromatic rings. The fourth-order valence-corrected chi connectivity index (χ4v) is 3.38. The maximum Gasteiger partial charge on any atom is 0.269 e. The van der Waals surface area contributed by atoms with E-state index in [4.69, 9.17) is 4.74 Å². The van der Waals surface area contributed by atoms with Crippen molar-refractivity contribution in [3.8, 4) is 11.4 Å². The van der Waals surface area contributed by atoms with Gasteiger partial charge in [0.1, 0.15) is 24.1 Å². The quantitative estimate of drug-likeness (QED) is 0.291. The molecule has 0 radical (unpaired) electrons. The summed E-state index contributed by atoms with van der Waals surface area (Å²) in [5, 5.41) is 25.6. The molecule has 0 saturated heterocycles. The van der Waals surface area contributed by atoms with Crippen LogP contribution in [0.4, 0.5) is 14.5 Å². The number of halogens is 2. The van der Waals surface area contributed by atoms with Gasteiger partial charge < -0.3 is 9.84 Å². The minimum atomic E-state index is -0.949. The molecule has 10 heteroatoms. The zero-order chi connectivity index (χ0) is 24.1. The number of nitrogens with zero attached hydrogens (tertiary/aromatic N) is 4. The highest BCUT2D eigenvalue weighted by molar-refractivity contribution is 5.56. The first-order valence-electron chi connectivity index (χ1n) is 10.3. The van der Waals surface area contributed by atoms with Crippen molar-refractivity contribution >= 4 is 5.69 Å². The second kappa shape index (κ2) is 10.3. The molecule has 0 bridgehead atoms. The standard InChI is InChI=1S/C24H20F2N4O4/c25-19-7-1-16(2-8-19)23(17-3-9-20(26)10-4-17)34-14-22(31)13-29-15-27-24(28-29)18-5-11-21(12-6-18)30(32)33/h1-12,15,22-23,31H,13-14H2. The van der Waals surface area contributed by atoms with E-state index < -0.39 is 28.8 Å². The third-order valence-corrected chi connectivity index (χ3v) is 5.07. The Hall–Kier alpha value is -4.02. The Bertz CT molecular complexity index is 1200. The molecular formula is C24H20F2N4O4. The summed E-state index contributed by atoms with van der Waals surface area (Å²) in [4.78, 5) is 14.5. The molecule has 1 aromatic heterocycles. The number of rotatable bonds is 9. The van der Waals surface area contributed by atoms with E-state index in [1.54, 1.807) is 36.4 Å². The van der Waals surface area contributed by atoms with Gasteiger partial charge >= 0.3 is 0 Å². The van der Waals surface area contributed by atoms with Crippen LogP contribution in [-0.2, 0) is 11.3 Å². The maximum atomic E-state index is 13.4. The first kappa shape index (κ1) is 23.1. The molecule has 0 aliphatic rings. The summed E-state index contributed by atoms with van der Waals surface area (Å²) in [7, 11) is 0. The van der Waals surface area contributed by atoms with Crippen molar-refractivity contribution in [1.82, 2.24) is 14.8 Å². The smallest absolute Gasteiger partial charge is 0.269 e. The van der Waals surface area contributed by atoms with Crippen molar-refractivity contribution in [1.29, 1.82) is 0 Å². The van der Waals surface area contributed by atoms with Crippen molar-refractivity contribution in [2.75, 3.05) is 6.61 Å². The molecule has 0 spiro atoms. The largest absolute Gasteiger partial charge is 0.389 e. The summed E-state index contributed by atoms with van der Waals surface area (Å²) < 4.78 is 34.1. The predicted molar refractivity (Wildman–Crippen MR) is 119 cm³/mol. The lowest BCUT2D eigenvalue weighted by atomic mass is 10.0. The molecule has 0 aliphatic carbocycles. The highest BCUT2D eigenvalue weighted by Gasteiger charge is 2.18. The van der Waals surface area contributed by atoms with Gasteiger partial charge in [0.25, 0.3) is 5.69 Å². The van der Waals surface area contributed by atoms with E-state index in [0.717, 1.165) is 0 Å². The summed E-state index contributed by atoms with van der Waals surface area (Å²) in [6.45, 7) is 0.00564. The van der Waals surface area contributed by atoms with E-state index >= 15 is 0 Å². The first-order valence-corrected chi connectivity index (χ1v) is 10.3. The minimum Gasteiger partial charge on any atom is -0.389 e. The summed E-state index contributed by atoms with van der Waals surface area (Å²) >= 11 is 0. The molecule has 0 aliphatic heterocycles. The van der Waals surface area contributed by atoms with Gasteiger partial charge in [-0.25, -0.2) is 18.4 Å². The molecule has 8 nitrogen and oxygen atoms in total. The van der Waals surface area contributed by atoms with E-state index in [0.29, 0.717) is 22.5 Å². The van der Waals surface area contributed by atoms with Gasteiger partial charge in [-0.2, -0.15) is 5.10 Å². The van der Waals surface area contributed by atoms with Gasteiger partial charge in [-0.05, 0) is 47.5 Å². The maximum absolute atomic E-state index is 13.4. The van der Waals surface area contributed by atoms with Gasteiger partial charge in [0.15, 0.2) is 5.82 Å². The van der Waals surface area contributed by atoms with Crippen LogP contribution in [0.15, 0.2) is 79.1 Å². The van der Waals surface area contributed by atoms with Gasteiger partial charge in [-0.1, -0.05) is 24.3 Å². The fourth-order valence-electron chi connectivity index (χ4n) is 3.38. The highest BCUT2D eigenvalue weighted by atomic mass is 19.1. The molecule has 1 atom stereocenters. The van der Waals surface area contributed by atoms with Crippen LogP contribution < -0.4 is 0 Å². The van der Waals surface area contributed by atoms with Crippen molar-refractivity contribution in [2.45, 2.75) is 18.8 Å². The Morgan fingerprint density at radius 1 is 0.941 bits per heavy atom. The van der Waals surface area contributed by atoms with Crippen LogP contribution in [0.3, 0.4) is 0 Å². The lowest BCUT2D eigenvalue weighted by molar-refractivity contribution is -0.384. The molecule has 1 N–H and O–H groups in total. The summed E-state index contributed by atoms with van der Waals surface area (Å²) in [5.41, 5.74) is 1.87. The molecule has 4 rings (SSSR count). The molecule has 34 heavy (non-hydrogen) atoms. The third kappa shape index (κ3) is 5.66. The van der Waals surface area contributed by atoms with E-state index in [2.05, 4.69) is 10.1 Å². The number of aliphatic hydroxyl groups is 1. The van der Waals surface area contributed by atoms with Crippen molar-refractivity contribution < 1.29 is 23.5 Å². The SMILES string of the molecule is O=[N+]([O-])c1ccc(-c2ncn(CC(O)COC(c3ccc(F)cc3)c3ccc(F)cc3)n2)cc1. The monoisotopic (exact) mass is 466 g/mol. The lowest BCUT2D eigenvalue weighted by Gasteiger charge is -2.21. The highest BCUT2D eigenvalue weighted by Crippen LogP contribution is 2.27. The number of non-ortho nitro benzene ring substituents is 1. The Kier molecular flexibility index (Phi) is 7.00. The Morgan fingerprint density at radius 3 is 2.03 bits per heavy atom. The number of benzene rings is 3. The van der Waals surface area contributed by atoms with E-state index in [-0.39, 0.29) is 18.8 Å². The molecule has 3 aromatic carbocycles. The second-order valence-corrected chi connectivity index (χ2v) is 7.56. The summed E-state index contributed by atoms with van der Waals surface area (Å²) in [6, 6.07) is 17.3. The molecule has 174 valence electrons. The Balaban J connectivity index is 1.42. The molecular weight excluding hydrogens is 446 g/mol. The predicted octanol–water partition coefficient (Wildman–Crippen LogP) is 4.30. The molecule has 1 heterocycles. The topological polar surface area (TPSA) is 103 Å². The van der Waals surface area contributed by atoms with Crippen LogP contribution in [0.5, 0.6) is 0 Å². The number of nitro groups is 1. The molecule has 0 fully saturated rings. The van der Waals surface area contributed by atoms with Gasteiger partial charge in [0, 0.05) is 17.7 Å². The molecule has 1 unspecified atom stereocenters. The minimum absolute atomic E-state index is 0.0346. The number of ether oxygens (including phenoxy) is 1. The van der Waals surface area contributed by atoms with Gasteiger partial charge in [0.05, 0.1) is 24.2 Å². The van der Waals surface area contributed by atoms with Crippen molar-refractivity contribution in [3.63, 3.8) is 0 Å². The summed E-state index contributed by atoms with van der Waals surface area (Å²) in [6.07, 6.45) is -0.144. The fraction of sp³-hybridized carbons (Fsp3) is 0.167. The van der Waals surface area contributed by atoms with Crippen LogP contribution in [0.25, 0.3) is 11.4 Å². The van der Waals surface area contributed by atoms with Crippen LogP contribution in [0, 0.1) is 21.7 Å². The van der Waals surface area contributed by atoms with Gasteiger partial charge in [-0.3, -0.25) is 10.1 Å². The number of nitro benzene ring substituents is 1. The average molecular weight is 466 g/mol. The Labute approximate surface area is 193 Å². The second-order valence-electron chi connectivity index (χ2n) is 7.56. The van der Waals surface area contributed by atoms with Crippen LogP contribution in [0.1, 0.15) is 17.2 Å². The van der Waals surface area contributed by atoms with Gasteiger partial charge in [-0.15, -0.1) is 0 Å². The van der Waals surface area contributed by atoms with E-state index in [1.165, 1.54) is 47.4 Å². The molecule has 0 saturated carbocycles. The third-order valence-electron chi connectivity index (χ3n) is 5.07. The Morgan fingerprint density at radius 2 is 1.50 bits per heavy atom. The van der Waals surface area contributed by atoms with Gasteiger partial charge in [0.2, 0.25) is 0 Å². The molecule has 0 amide bonds. The van der Waals surface area contributed by atoms with Crippen LogP contribution in [0.2, 0.25) is 0 Å². The van der Waals surface area contributed by atoms with Crippen LogP contribution in [-0.4, -0.2) is 37.5 Å². The number of hydrogen-bond acceptors (Lipinski definition) is 6. The number of hydrogen-bond donors (Lipinski definition) is 1.